The van der Waals surface area contributed by atoms with E-state index in [1.54, 1.807) is 32.7 Å². The largest absolute Gasteiger partial charge is 0.326 e. The summed E-state index contributed by atoms with van der Waals surface area (Å²) in [6, 6.07) is 10.5. The first-order chi connectivity index (χ1) is 9.80. The number of carbonyl (C=O) groups excluding carboxylic acids is 1. The lowest BCUT2D eigenvalue weighted by atomic mass is 10.1. The van der Waals surface area contributed by atoms with Gasteiger partial charge in [-0.1, -0.05) is 12.1 Å². The van der Waals surface area contributed by atoms with E-state index in [-0.39, 0.29) is 5.91 Å². The second-order valence-corrected chi connectivity index (χ2v) is 6.66. The molecule has 0 bridgehead atoms. The predicted molar refractivity (Wildman–Crippen MR) is 86.1 cm³/mol. The van der Waals surface area contributed by atoms with E-state index in [2.05, 4.69) is 36.6 Å². The number of quaternary nitrogens is 1. The fourth-order valence-corrected chi connectivity index (χ4v) is 2.33. The van der Waals surface area contributed by atoms with Crippen LogP contribution < -0.4 is 4.90 Å². The molecule has 0 radical (unpaired) electrons. The van der Waals surface area contributed by atoms with E-state index in [0.717, 1.165) is 11.4 Å². The smallest absolute Gasteiger partial charge is 0.278 e. The molecule has 0 saturated heterocycles. The number of rotatable bonds is 6. The van der Waals surface area contributed by atoms with Crippen LogP contribution in [0.1, 0.15) is 19.4 Å². The van der Waals surface area contributed by atoms with Crippen LogP contribution in [0.3, 0.4) is 0 Å². The molecule has 21 heavy (non-hydrogen) atoms. The molecule has 114 valence electrons. The molecule has 0 saturated carbocycles. The first kappa shape index (κ1) is 17.5. The first-order valence-corrected chi connectivity index (χ1v) is 8.14. The summed E-state index contributed by atoms with van der Waals surface area (Å²) < 4.78 is 0. The Bertz CT molecular complexity index is 519. The van der Waals surface area contributed by atoms with Gasteiger partial charge in [0.1, 0.15) is 12.1 Å². The van der Waals surface area contributed by atoms with Crippen molar-refractivity contribution in [3.05, 3.63) is 29.8 Å². The van der Waals surface area contributed by atoms with Gasteiger partial charge in [-0.25, -0.2) is 0 Å². The highest BCUT2D eigenvalue weighted by Gasteiger charge is 2.28. The summed E-state index contributed by atoms with van der Waals surface area (Å²) in [4.78, 5) is 16.1. The number of carbonyl (C=O) groups is 1. The van der Waals surface area contributed by atoms with E-state index in [0.29, 0.717) is 6.54 Å². The summed E-state index contributed by atoms with van der Waals surface area (Å²) in [5.41, 5.74) is 0.442. The predicted octanol–water partition coefficient (Wildman–Crippen LogP) is 1.18. The van der Waals surface area contributed by atoms with Gasteiger partial charge in [0.05, 0.1) is 13.1 Å². The Balaban J connectivity index is 2.58. The highest BCUT2D eigenvalue weighted by molar-refractivity contribution is 7.98. The molecule has 1 N–H and O–H groups in total. The van der Waals surface area contributed by atoms with E-state index < -0.39 is 5.54 Å². The minimum Gasteiger partial charge on any atom is -0.326 e. The van der Waals surface area contributed by atoms with E-state index in [4.69, 9.17) is 5.26 Å². The molecule has 0 heterocycles. The molecule has 4 nitrogen and oxygen atoms in total. The zero-order valence-electron chi connectivity index (χ0n) is 13.4. The van der Waals surface area contributed by atoms with E-state index in [9.17, 15) is 4.79 Å². The lowest BCUT2D eigenvalue weighted by molar-refractivity contribution is -0.885. The maximum absolute atomic E-state index is 12.2. The van der Waals surface area contributed by atoms with Crippen molar-refractivity contribution in [2.45, 2.75) is 30.8 Å². The molecule has 0 aliphatic rings. The SMILES string of the molecule is CSc1ccc(C[NH+](C)CC(=O)N(C)C(C)(C)C#N)cc1. The highest BCUT2D eigenvalue weighted by atomic mass is 32.2. The van der Waals surface area contributed by atoms with Crippen molar-refractivity contribution in [3.63, 3.8) is 0 Å². The van der Waals surface area contributed by atoms with Crippen molar-refractivity contribution in [2.24, 2.45) is 0 Å². The Morgan fingerprint density at radius 1 is 1.38 bits per heavy atom. The fraction of sp³-hybridized carbons (Fsp3) is 0.500. The standard InChI is InChI=1S/C16H23N3OS/c1-16(2,12-17)19(4)15(20)11-18(3)10-13-6-8-14(21-5)9-7-13/h6-9H,10-11H2,1-5H3/p+1. The van der Waals surface area contributed by atoms with Gasteiger partial charge in [-0.05, 0) is 32.2 Å². The number of amides is 1. The third-order valence-electron chi connectivity index (χ3n) is 3.60. The molecular weight excluding hydrogens is 282 g/mol. The first-order valence-electron chi connectivity index (χ1n) is 6.92. The number of hydrogen-bond donors (Lipinski definition) is 1. The summed E-state index contributed by atoms with van der Waals surface area (Å²) >= 11 is 1.72. The lowest BCUT2D eigenvalue weighted by Crippen LogP contribution is -3.09. The number of nitrogens with zero attached hydrogens (tertiary/aromatic N) is 2. The van der Waals surface area contributed by atoms with Gasteiger partial charge >= 0.3 is 0 Å². The molecule has 0 fully saturated rings. The molecule has 0 aliphatic carbocycles. The molecule has 1 aromatic rings. The minimum absolute atomic E-state index is 0.0141. The Morgan fingerprint density at radius 2 is 1.95 bits per heavy atom. The number of hydrogen-bond acceptors (Lipinski definition) is 3. The van der Waals surface area contributed by atoms with E-state index >= 15 is 0 Å². The van der Waals surface area contributed by atoms with E-state index in [1.165, 1.54) is 15.4 Å². The van der Waals surface area contributed by atoms with Crippen LogP contribution in [0.25, 0.3) is 0 Å². The van der Waals surface area contributed by atoms with Gasteiger partial charge in [-0.15, -0.1) is 11.8 Å². The second-order valence-electron chi connectivity index (χ2n) is 5.78. The molecule has 1 rings (SSSR count). The van der Waals surface area contributed by atoms with Crippen molar-refractivity contribution in [3.8, 4) is 6.07 Å². The molecule has 1 amide bonds. The third kappa shape index (κ3) is 5.07. The molecule has 0 aliphatic heterocycles. The monoisotopic (exact) mass is 306 g/mol. The van der Waals surface area contributed by atoms with Crippen molar-refractivity contribution in [1.29, 1.82) is 5.26 Å². The molecule has 0 spiro atoms. The highest BCUT2D eigenvalue weighted by Crippen LogP contribution is 2.14. The average molecular weight is 306 g/mol. The number of likely N-dealkylation sites (N-methyl/N-ethyl adjacent to an activating group) is 2. The van der Waals surface area contributed by atoms with Crippen LogP contribution in [0.15, 0.2) is 29.2 Å². The molecule has 0 aromatic heterocycles. The molecule has 1 unspecified atom stereocenters. The van der Waals surface area contributed by atoms with Crippen LogP contribution in [0.4, 0.5) is 0 Å². The van der Waals surface area contributed by atoms with Gasteiger partial charge in [-0.3, -0.25) is 4.79 Å². The van der Waals surface area contributed by atoms with Crippen LogP contribution in [0, 0.1) is 11.3 Å². The van der Waals surface area contributed by atoms with Crippen LogP contribution in [-0.2, 0) is 11.3 Å². The maximum atomic E-state index is 12.2. The Labute approximate surface area is 131 Å². The summed E-state index contributed by atoms with van der Waals surface area (Å²) in [7, 11) is 3.68. The second kappa shape index (κ2) is 7.48. The zero-order chi connectivity index (χ0) is 16.0. The van der Waals surface area contributed by atoms with Gasteiger partial charge in [-0.2, -0.15) is 5.26 Å². The van der Waals surface area contributed by atoms with Gasteiger partial charge in [0.25, 0.3) is 5.91 Å². The molecule has 5 heteroatoms. The minimum atomic E-state index is -0.767. The lowest BCUT2D eigenvalue weighted by Gasteiger charge is -2.29. The normalized spacial score (nSPS) is 12.6. The Hall–Kier alpha value is -1.51. The van der Waals surface area contributed by atoms with Crippen LogP contribution in [0.2, 0.25) is 0 Å². The van der Waals surface area contributed by atoms with E-state index in [1.807, 2.05) is 7.05 Å². The van der Waals surface area contributed by atoms with Gasteiger partial charge in [0, 0.05) is 17.5 Å². The molecular formula is C16H24N3OS+. The molecule has 1 aromatic carbocycles. The average Bonchev–Trinajstić information content (AvgIpc) is 2.46. The van der Waals surface area contributed by atoms with Crippen molar-refractivity contribution in [1.82, 2.24) is 4.90 Å². The number of benzene rings is 1. The molecule has 1 atom stereocenters. The third-order valence-corrected chi connectivity index (χ3v) is 4.35. The zero-order valence-corrected chi connectivity index (χ0v) is 14.3. The number of nitriles is 1. The maximum Gasteiger partial charge on any atom is 0.278 e. The summed E-state index contributed by atoms with van der Waals surface area (Å²) in [5, 5.41) is 9.08. The quantitative estimate of drug-likeness (QED) is 0.803. The fourth-order valence-electron chi connectivity index (χ4n) is 1.92. The Kier molecular flexibility index (Phi) is 6.25. The van der Waals surface area contributed by atoms with Gasteiger partial charge in [0.2, 0.25) is 0 Å². The van der Waals surface area contributed by atoms with Crippen LogP contribution in [0.5, 0.6) is 0 Å². The van der Waals surface area contributed by atoms with Crippen LogP contribution >= 0.6 is 11.8 Å². The van der Waals surface area contributed by atoms with Gasteiger partial charge < -0.3 is 9.80 Å². The van der Waals surface area contributed by atoms with Crippen molar-refractivity contribution >= 4 is 17.7 Å². The van der Waals surface area contributed by atoms with Crippen molar-refractivity contribution in [2.75, 3.05) is 26.9 Å². The summed E-state index contributed by atoms with van der Waals surface area (Å²) in [5.74, 6) is -0.0141. The topological polar surface area (TPSA) is 48.5 Å². The van der Waals surface area contributed by atoms with Crippen LogP contribution in [-0.4, -0.2) is 43.2 Å². The summed E-state index contributed by atoms with van der Waals surface area (Å²) in [6.07, 6.45) is 2.05. The number of nitrogens with one attached hydrogen (secondary N) is 1. The summed E-state index contributed by atoms with van der Waals surface area (Å²) in [6.45, 7) is 4.68. The number of thioether (sulfide) groups is 1. The van der Waals surface area contributed by atoms with Gasteiger partial charge in [0.15, 0.2) is 6.54 Å². The Morgan fingerprint density at radius 3 is 2.43 bits per heavy atom. The van der Waals surface area contributed by atoms with Crippen molar-refractivity contribution < 1.29 is 9.69 Å².